The van der Waals surface area contributed by atoms with Gasteiger partial charge in [0, 0.05) is 10.8 Å². The summed E-state index contributed by atoms with van der Waals surface area (Å²) in [6.45, 7) is 9.61. The van der Waals surface area contributed by atoms with Crippen molar-refractivity contribution >= 4 is 53.9 Å². The molecule has 8 aromatic rings. The Hall–Kier alpha value is -4.68. The Morgan fingerprint density at radius 3 is 1.12 bits per heavy atom. The molecule has 0 bridgehead atoms. The quantitative estimate of drug-likeness (QED) is 0.170. The van der Waals surface area contributed by atoms with Crippen LogP contribution in [-0.4, -0.2) is 0 Å². The van der Waals surface area contributed by atoms with Gasteiger partial charge in [-0.3, -0.25) is 0 Å². The van der Waals surface area contributed by atoms with E-state index in [1.54, 1.807) is 0 Å². The summed E-state index contributed by atoms with van der Waals surface area (Å²) in [6, 6.07) is 42.0. The third-order valence-electron chi connectivity index (χ3n) is 10.9. The van der Waals surface area contributed by atoms with E-state index in [-0.39, 0.29) is 10.8 Å². The highest BCUT2D eigenvalue weighted by Crippen LogP contribution is 2.57. The van der Waals surface area contributed by atoms with Gasteiger partial charge >= 0.3 is 0 Å². The summed E-state index contributed by atoms with van der Waals surface area (Å²) in [5.74, 6) is 0. The number of benzene rings is 8. The lowest BCUT2D eigenvalue weighted by Crippen LogP contribution is -2.15. The topological polar surface area (TPSA) is 0 Å². The summed E-state index contributed by atoms with van der Waals surface area (Å²) in [7, 11) is 0. The molecule has 0 unspecified atom stereocenters. The van der Waals surface area contributed by atoms with Crippen molar-refractivity contribution in [3.63, 3.8) is 0 Å². The second-order valence-corrected chi connectivity index (χ2v) is 13.8. The first kappa shape index (κ1) is 22.9. The highest BCUT2D eigenvalue weighted by molar-refractivity contribution is 6.29. The fraction of sp³-hybridized carbons (Fsp3) is 0.143. The average molecular weight is 535 g/mol. The van der Waals surface area contributed by atoms with E-state index in [0.717, 1.165) is 0 Å². The van der Waals surface area contributed by atoms with E-state index in [1.165, 1.54) is 98.4 Å². The molecule has 0 saturated carbocycles. The summed E-state index contributed by atoms with van der Waals surface area (Å²) < 4.78 is 0. The third kappa shape index (κ3) is 2.57. The van der Waals surface area contributed by atoms with Gasteiger partial charge in [0.1, 0.15) is 0 Å². The molecule has 0 spiro atoms. The van der Waals surface area contributed by atoms with E-state index in [9.17, 15) is 0 Å². The van der Waals surface area contributed by atoms with Gasteiger partial charge in [0.15, 0.2) is 0 Å². The van der Waals surface area contributed by atoms with Crippen LogP contribution in [0.3, 0.4) is 0 Å². The first-order chi connectivity index (χ1) is 20.3. The highest BCUT2D eigenvalue weighted by Gasteiger charge is 2.40. The molecule has 0 atom stereocenters. The zero-order valence-electron chi connectivity index (χ0n) is 24.4. The van der Waals surface area contributed by atoms with Gasteiger partial charge in [-0.05, 0) is 135 Å². The number of fused-ring (bicyclic) bond motifs is 10. The molecule has 10 rings (SSSR count). The second kappa shape index (κ2) is 7.20. The molecule has 0 N–H and O–H groups in total. The van der Waals surface area contributed by atoms with Crippen molar-refractivity contribution in [3.8, 4) is 22.3 Å². The monoisotopic (exact) mass is 534 g/mol. The number of hydrogen-bond acceptors (Lipinski definition) is 0. The summed E-state index contributed by atoms with van der Waals surface area (Å²) in [5, 5.41) is 13.6. The highest BCUT2D eigenvalue weighted by atomic mass is 14.4. The summed E-state index contributed by atoms with van der Waals surface area (Å²) in [6.07, 6.45) is 0. The van der Waals surface area contributed by atoms with Crippen molar-refractivity contribution in [1.29, 1.82) is 0 Å². The van der Waals surface area contributed by atoms with Gasteiger partial charge in [-0.15, -0.1) is 0 Å². The molecule has 0 amide bonds. The molecule has 42 heavy (non-hydrogen) atoms. The van der Waals surface area contributed by atoms with Crippen molar-refractivity contribution in [2.24, 2.45) is 0 Å². The van der Waals surface area contributed by atoms with Gasteiger partial charge in [-0.2, -0.15) is 0 Å². The molecule has 2 aliphatic rings. The van der Waals surface area contributed by atoms with E-state index >= 15 is 0 Å². The largest absolute Gasteiger partial charge is 0.0616 e. The first-order valence-corrected chi connectivity index (χ1v) is 15.2. The lowest BCUT2D eigenvalue weighted by atomic mass is 9.79. The molecule has 0 fully saturated rings. The fourth-order valence-electron chi connectivity index (χ4n) is 8.74. The third-order valence-corrected chi connectivity index (χ3v) is 10.9. The van der Waals surface area contributed by atoms with Crippen LogP contribution in [0, 0.1) is 0 Å². The molecule has 8 aromatic carbocycles. The summed E-state index contributed by atoms with van der Waals surface area (Å²) >= 11 is 0. The molecular weight excluding hydrogens is 504 g/mol. The Morgan fingerprint density at radius 2 is 0.714 bits per heavy atom. The van der Waals surface area contributed by atoms with Gasteiger partial charge in [0.25, 0.3) is 0 Å². The van der Waals surface area contributed by atoms with Gasteiger partial charge in [0.2, 0.25) is 0 Å². The minimum absolute atomic E-state index is 0.0512. The van der Waals surface area contributed by atoms with Crippen molar-refractivity contribution in [2.45, 2.75) is 38.5 Å². The summed E-state index contributed by atoms with van der Waals surface area (Å²) in [4.78, 5) is 0. The van der Waals surface area contributed by atoms with Crippen LogP contribution in [0.25, 0.3) is 76.1 Å². The molecular formula is C42H30. The average Bonchev–Trinajstić information content (AvgIpc) is 3.35. The van der Waals surface area contributed by atoms with Crippen molar-refractivity contribution < 1.29 is 0 Å². The maximum atomic E-state index is 2.50. The Morgan fingerprint density at radius 1 is 0.357 bits per heavy atom. The van der Waals surface area contributed by atoms with Gasteiger partial charge in [-0.25, -0.2) is 0 Å². The number of rotatable bonds is 0. The van der Waals surface area contributed by atoms with Crippen molar-refractivity contribution in [2.75, 3.05) is 0 Å². The van der Waals surface area contributed by atoms with Crippen LogP contribution in [0.5, 0.6) is 0 Å². The normalized spacial score (nSPS) is 16.0. The smallest absolute Gasteiger partial charge is 0.0159 e. The standard InChI is InChI=1S/C42H30/c1-41(2)33-19-25-11-7-5-9-23(25)17-31(33)39-29-15-14-28-22-36-40(30-16-13-27(21-35(39)41)37(29)38(28)30)32-18-24-10-6-8-12-26(24)20-34(32)42(36,3)4/h5-22H,1-4H3. The second-order valence-electron chi connectivity index (χ2n) is 13.8. The molecule has 0 heteroatoms. The van der Waals surface area contributed by atoms with Crippen LogP contribution in [0.15, 0.2) is 109 Å². The van der Waals surface area contributed by atoms with E-state index in [2.05, 4.69) is 137 Å². The lowest BCUT2D eigenvalue weighted by Gasteiger charge is -2.24. The predicted octanol–water partition coefficient (Wildman–Crippen LogP) is 11.5. The SMILES string of the molecule is CC1(C)c2cc3ccccc3cc2-c2c1cc1ccc3c4c(cc5ccc2c1c53)C(C)(C)c1cc2ccccc2cc1-4. The Labute approximate surface area is 245 Å². The van der Waals surface area contributed by atoms with Crippen LogP contribution >= 0.6 is 0 Å². The van der Waals surface area contributed by atoms with Crippen LogP contribution < -0.4 is 0 Å². The van der Waals surface area contributed by atoms with Crippen LogP contribution in [-0.2, 0) is 10.8 Å². The number of hydrogen-bond donors (Lipinski definition) is 0. The first-order valence-electron chi connectivity index (χ1n) is 15.2. The summed E-state index contributed by atoms with van der Waals surface area (Å²) in [5.41, 5.74) is 11.3. The minimum atomic E-state index is -0.0512. The maximum Gasteiger partial charge on any atom is 0.0159 e. The van der Waals surface area contributed by atoms with E-state index in [1.807, 2.05) is 0 Å². The van der Waals surface area contributed by atoms with Crippen LogP contribution in [0.2, 0.25) is 0 Å². The molecule has 0 aromatic heterocycles. The molecule has 198 valence electrons. The molecule has 2 aliphatic carbocycles. The Kier molecular flexibility index (Phi) is 3.93. The zero-order valence-corrected chi connectivity index (χ0v) is 24.4. The van der Waals surface area contributed by atoms with Gasteiger partial charge in [0.05, 0.1) is 0 Å². The predicted molar refractivity (Wildman–Crippen MR) is 180 cm³/mol. The maximum absolute atomic E-state index is 2.50. The van der Waals surface area contributed by atoms with Crippen molar-refractivity contribution in [1.82, 2.24) is 0 Å². The van der Waals surface area contributed by atoms with Crippen LogP contribution in [0.1, 0.15) is 49.9 Å². The van der Waals surface area contributed by atoms with Gasteiger partial charge in [-0.1, -0.05) is 100 Å². The minimum Gasteiger partial charge on any atom is -0.0616 e. The molecule has 0 nitrogen and oxygen atoms in total. The molecule has 0 radical (unpaired) electrons. The lowest BCUT2D eigenvalue weighted by molar-refractivity contribution is 0.662. The van der Waals surface area contributed by atoms with E-state index in [0.29, 0.717) is 0 Å². The van der Waals surface area contributed by atoms with Crippen LogP contribution in [0.4, 0.5) is 0 Å². The fourth-order valence-corrected chi connectivity index (χ4v) is 8.74. The molecule has 0 aliphatic heterocycles. The van der Waals surface area contributed by atoms with E-state index in [4.69, 9.17) is 0 Å². The zero-order chi connectivity index (χ0) is 28.1. The molecule has 0 heterocycles. The Bertz CT molecular complexity index is 2330. The van der Waals surface area contributed by atoms with Gasteiger partial charge < -0.3 is 0 Å². The Balaban J connectivity index is 1.35. The molecule has 0 saturated heterocycles. The van der Waals surface area contributed by atoms with Crippen molar-refractivity contribution in [3.05, 3.63) is 131 Å². The van der Waals surface area contributed by atoms with E-state index < -0.39 is 0 Å².